The van der Waals surface area contributed by atoms with E-state index in [9.17, 15) is 4.79 Å². The molecule has 3 heteroatoms. The Morgan fingerprint density at radius 3 is 2.18 bits per heavy atom. The Hall–Kier alpha value is -3.20. The second kappa shape index (κ2) is 14.3. The highest BCUT2D eigenvalue weighted by molar-refractivity contribution is 5.92. The smallest absolute Gasteiger partial charge is 0.246 e. The molecular formula is C36H44FNO. The van der Waals surface area contributed by atoms with Crippen molar-refractivity contribution in [2.75, 3.05) is 6.54 Å². The molecule has 4 rings (SSSR count). The summed E-state index contributed by atoms with van der Waals surface area (Å²) >= 11 is 0. The van der Waals surface area contributed by atoms with Crippen molar-refractivity contribution in [1.82, 2.24) is 5.32 Å². The number of rotatable bonds is 12. The quantitative estimate of drug-likeness (QED) is 0.185. The number of nitrogens with one attached hydrogen (secondary N) is 1. The predicted molar refractivity (Wildman–Crippen MR) is 162 cm³/mol. The number of unbranched alkanes of at least 4 members (excludes halogenated alkanes) is 2. The van der Waals surface area contributed by atoms with Crippen LogP contribution in [0.2, 0.25) is 0 Å². The van der Waals surface area contributed by atoms with Crippen molar-refractivity contribution in [2.45, 2.75) is 84.0 Å². The number of benzene rings is 3. The molecule has 0 saturated heterocycles. The molecule has 0 spiro atoms. The van der Waals surface area contributed by atoms with Gasteiger partial charge in [-0.15, -0.1) is 0 Å². The Bertz CT molecular complexity index is 1220. The van der Waals surface area contributed by atoms with E-state index in [2.05, 4.69) is 55.2 Å². The van der Waals surface area contributed by atoms with Gasteiger partial charge < -0.3 is 5.32 Å². The molecule has 3 aromatic carbocycles. The highest BCUT2D eigenvalue weighted by Crippen LogP contribution is 2.38. The van der Waals surface area contributed by atoms with Crippen LogP contribution in [0.3, 0.4) is 0 Å². The van der Waals surface area contributed by atoms with E-state index in [1.807, 2.05) is 24.3 Å². The molecule has 1 N–H and O–H groups in total. The first-order valence-corrected chi connectivity index (χ1v) is 14.9. The molecule has 0 aliphatic heterocycles. The van der Waals surface area contributed by atoms with Crippen LogP contribution in [0.15, 0.2) is 78.9 Å². The van der Waals surface area contributed by atoms with Crippen molar-refractivity contribution in [1.29, 1.82) is 0 Å². The van der Waals surface area contributed by atoms with Crippen LogP contribution in [0.4, 0.5) is 4.39 Å². The van der Waals surface area contributed by atoms with E-state index in [0.29, 0.717) is 23.6 Å². The van der Waals surface area contributed by atoms with Crippen LogP contribution in [0, 0.1) is 11.7 Å². The van der Waals surface area contributed by atoms with E-state index in [4.69, 9.17) is 0 Å². The van der Waals surface area contributed by atoms with Crippen LogP contribution in [0.25, 0.3) is 22.3 Å². The number of hydrogen-bond acceptors (Lipinski definition) is 1. The average Bonchev–Trinajstić information content (AvgIpc) is 2.96. The van der Waals surface area contributed by atoms with E-state index in [0.717, 1.165) is 35.4 Å². The van der Waals surface area contributed by atoms with Gasteiger partial charge in [-0.3, -0.25) is 4.79 Å². The first kappa shape index (κ1) is 28.8. The first-order valence-electron chi connectivity index (χ1n) is 14.9. The number of halogens is 1. The second-order valence-electron chi connectivity index (χ2n) is 11.4. The minimum Gasteiger partial charge on any atom is -0.352 e. The summed E-state index contributed by atoms with van der Waals surface area (Å²) in [5, 5.41) is 2.86. The van der Waals surface area contributed by atoms with Gasteiger partial charge in [0, 0.05) is 17.7 Å². The molecule has 206 valence electrons. The molecule has 1 saturated carbocycles. The molecule has 2 nitrogen and oxygen atoms in total. The van der Waals surface area contributed by atoms with Gasteiger partial charge in [0.15, 0.2) is 0 Å². The lowest BCUT2D eigenvalue weighted by Crippen LogP contribution is -2.24. The molecule has 1 aliphatic rings. The maximum Gasteiger partial charge on any atom is 0.246 e. The molecular weight excluding hydrogens is 481 g/mol. The highest BCUT2D eigenvalue weighted by atomic mass is 19.1. The average molecular weight is 526 g/mol. The Kier molecular flexibility index (Phi) is 10.5. The van der Waals surface area contributed by atoms with Crippen molar-refractivity contribution in [3.05, 3.63) is 95.8 Å². The molecule has 39 heavy (non-hydrogen) atoms. The van der Waals surface area contributed by atoms with Crippen molar-refractivity contribution in [3.63, 3.8) is 0 Å². The van der Waals surface area contributed by atoms with Gasteiger partial charge in [-0.2, -0.15) is 0 Å². The van der Waals surface area contributed by atoms with Gasteiger partial charge in [-0.25, -0.2) is 4.39 Å². The van der Waals surface area contributed by atoms with Crippen molar-refractivity contribution in [2.24, 2.45) is 5.92 Å². The number of carbonyl (C=O) groups is 1. The van der Waals surface area contributed by atoms with Crippen LogP contribution < -0.4 is 5.32 Å². The molecule has 0 unspecified atom stereocenters. The van der Waals surface area contributed by atoms with Crippen LogP contribution in [-0.4, -0.2) is 12.5 Å². The molecule has 0 aromatic heterocycles. The number of amides is 1. The highest BCUT2D eigenvalue weighted by Gasteiger charge is 2.22. The van der Waals surface area contributed by atoms with E-state index in [1.54, 1.807) is 13.0 Å². The molecule has 1 aliphatic carbocycles. The fourth-order valence-electron chi connectivity index (χ4n) is 5.84. The monoisotopic (exact) mass is 525 g/mol. The normalized spacial score (nSPS) is 17.1. The van der Waals surface area contributed by atoms with Gasteiger partial charge in [0.2, 0.25) is 5.91 Å². The lowest BCUT2D eigenvalue weighted by atomic mass is 9.77. The zero-order valence-electron chi connectivity index (χ0n) is 23.8. The summed E-state index contributed by atoms with van der Waals surface area (Å²) in [6, 6.07) is 22.4. The van der Waals surface area contributed by atoms with E-state index in [-0.39, 0.29) is 11.7 Å². The molecule has 0 bridgehead atoms. The summed E-state index contributed by atoms with van der Waals surface area (Å²) in [4.78, 5) is 11.6. The van der Waals surface area contributed by atoms with Gasteiger partial charge in [0.25, 0.3) is 0 Å². The molecule has 1 amide bonds. The van der Waals surface area contributed by atoms with Crippen molar-refractivity contribution >= 4 is 5.91 Å². The number of hydrogen-bond donors (Lipinski definition) is 1. The summed E-state index contributed by atoms with van der Waals surface area (Å²) in [5.74, 6) is 1.27. The van der Waals surface area contributed by atoms with Gasteiger partial charge in [-0.1, -0.05) is 99.8 Å². The molecule has 3 aromatic rings. The Morgan fingerprint density at radius 2 is 1.54 bits per heavy atom. The predicted octanol–water partition coefficient (Wildman–Crippen LogP) is 9.64. The number of aryl methyl sites for hydroxylation is 1. The minimum atomic E-state index is -0.190. The van der Waals surface area contributed by atoms with Crippen LogP contribution >= 0.6 is 0 Å². The van der Waals surface area contributed by atoms with Gasteiger partial charge in [0.05, 0.1) is 0 Å². The SMILES string of the molecule is C=C(C)C(=O)NCCCc1ccc(-c2ccc(-c3ccc(C4CCC(CCCCC)CC4)cc3)c(F)c2)cc1. The maximum absolute atomic E-state index is 15.2. The summed E-state index contributed by atoms with van der Waals surface area (Å²) in [6.45, 7) is 8.26. The fourth-order valence-corrected chi connectivity index (χ4v) is 5.84. The second-order valence-corrected chi connectivity index (χ2v) is 11.4. The van der Waals surface area contributed by atoms with Gasteiger partial charge in [-0.05, 0) is 91.2 Å². The zero-order valence-corrected chi connectivity index (χ0v) is 23.8. The van der Waals surface area contributed by atoms with Crippen molar-refractivity contribution in [3.8, 4) is 22.3 Å². The van der Waals surface area contributed by atoms with Crippen LogP contribution in [0.5, 0.6) is 0 Å². The summed E-state index contributed by atoms with van der Waals surface area (Å²) in [7, 11) is 0. The zero-order chi connectivity index (χ0) is 27.6. The van der Waals surface area contributed by atoms with E-state index >= 15 is 4.39 Å². The van der Waals surface area contributed by atoms with E-state index in [1.165, 1.54) is 62.5 Å². The molecule has 0 atom stereocenters. The largest absolute Gasteiger partial charge is 0.352 e. The molecule has 1 fully saturated rings. The summed E-state index contributed by atoms with van der Waals surface area (Å²) in [5.41, 5.74) is 6.60. The van der Waals surface area contributed by atoms with Gasteiger partial charge in [0.1, 0.15) is 5.82 Å². The van der Waals surface area contributed by atoms with Crippen LogP contribution in [0.1, 0.15) is 88.7 Å². The third-order valence-electron chi connectivity index (χ3n) is 8.33. The minimum absolute atomic E-state index is 0.0952. The standard InChI is InChI=1S/C36H44FNO/c1-4-5-6-8-27-10-14-29(15-11-27)30-18-20-32(21-19-30)34-23-22-33(25-35(34)37)31-16-12-28(13-17-31)9-7-24-38-36(39)26(2)3/h12-13,16-23,25,27,29H,2,4-11,14-15,24H2,1,3H3,(H,38,39). The Morgan fingerprint density at radius 1 is 0.872 bits per heavy atom. The lowest BCUT2D eigenvalue weighted by molar-refractivity contribution is -0.117. The van der Waals surface area contributed by atoms with Gasteiger partial charge >= 0.3 is 0 Å². The lowest BCUT2D eigenvalue weighted by Gasteiger charge is -2.29. The summed E-state index contributed by atoms with van der Waals surface area (Å²) < 4.78 is 15.2. The third-order valence-corrected chi connectivity index (χ3v) is 8.33. The Labute approximate surface area is 234 Å². The summed E-state index contributed by atoms with van der Waals surface area (Å²) in [6.07, 6.45) is 12.4. The van der Waals surface area contributed by atoms with Crippen LogP contribution in [-0.2, 0) is 11.2 Å². The topological polar surface area (TPSA) is 29.1 Å². The number of carbonyl (C=O) groups excluding carboxylic acids is 1. The maximum atomic E-state index is 15.2. The third kappa shape index (κ3) is 8.14. The van der Waals surface area contributed by atoms with Crippen molar-refractivity contribution < 1.29 is 9.18 Å². The first-order chi connectivity index (χ1) is 18.9. The molecule has 0 radical (unpaired) electrons. The molecule has 0 heterocycles. The van der Waals surface area contributed by atoms with E-state index < -0.39 is 0 Å². The fraction of sp³-hybridized carbons (Fsp3) is 0.417. The Balaban J connectivity index is 1.31.